The third-order valence-electron chi connectivity index (χ3n) is 4.77. The predicted molar refractivity (Wildman–Crippen MR) is 110 cm³/mol. The van der Waals surface area contributed by atoms with Gasteiger partial charge in [-0.05, 0) is 35.9 Å². The van der Waals surface area contributed by atoms with Crippen LogP contribution in [0, 0.1) is 11.3 Å². The average Bonchev–Trinajstić information content (AvgIpc) is 3.05. The van der Waals surface area contributed by atoms with Crippen molar-refractivity contribution in [2.45, 2.75) is 26.2 Å². The molecule has 0 unspecified atom stereocenters. The Bertz CT molecular complexity index is 1050. The van der Waals surface area contributed by atoms with Gasteiger partial charge in [-0.25, -0.2) is 0 Å². The van der Waals surface area contributed by atoms with Gasteiger partial charge in [0.2, 0.25) is 0 Å². The van der Waals surface area contributed by atoms with Gasteiger partial charge in [-0.15, -0.1) is 0 Å². The van der Waals surface area contributed by atoms with E-state index in [2.05, 4.69) is 16.1 Å². The minimum atomic E-state index is -0.223. The highest BCUT2D eigenvalue weighted by atomic mass is 35.5. The van der Waals surface area contributed by atoms with Crippen LogP contribution in [0.2, 0.25) is 10.0 Å². The third-order valence-corrected chi connectivity index (χ3v) is 5.21. The van der Waals surface area contributed by atoms with Crippen LogP contribution in [-0.2, 0) is 26.2 Å². The van der Waals surface area contributed by atoms with Crippen molar-refractivity contribution < 1.29 is 9.84 Å². The first-order valence-corrected chi connectivity index (χ1v) is 9.86. The van der Waals surface area contributed by atoms with E-state index in [1.165, 1.54) is 0 Å². The second kappa shape index (κ2) is 8.44. The van der Waals surface area contributed by atoms with Gasteiger partial charge >= 0.3 is 0 Å². The molecule has 1 N–H and O–H groups in total. The molecular weight excluding hydrogens is 411 g/mol. The summed E-state index contributed by atoms with van der Waals surface area (Å²) in [5.41, 5.74) is 3.15. The summed E-state index contributed by atoms with van der Waals surface area (Å²) in [6.07, 6.45) is 0. The average molecular weight is 429 g/mol. The zero-order chi connectivity index (χ0) is 20.4. The van der Waals surface area contributed by atoms with Crippen molar-refractivity contribution >= 4 is 23.2 Å². The molecule has 4 rings (SSSR count). The summed E-state index contributed by atoms with van der Waals surface area (Å²) in [5.74, 6) is 1.03. The van der Waals surface area contributed by atoms with Gasteiger partial charge in [0.1, 0.15) is 11.4 Å². The van der Waals surface area contributed by atoms with Crippen molar-refractivity contribution in [3.05, 3.63) is 75.0 Å². The Morgan fingerprint density at radius 2 is 1.83 bits per heavy atom. The molecule has 0 radical (unpaired) electrons. The molecular formula is C21H18Cl2N4O2. The van der Waals surface area contributed by atoms with Crippen molar-refractivity contribution in [2.24, 2.45) is 0 Å². The van der Waals surface area contributed by atoms with Crippen molar-refractivity contribution in [1.29, 1.82) is 5.26 Å². The lowest BCUT2D eigenvalue weighted by Crippen LogP contribution is -2.33. The standard InChI is InChI=1S/C21H18Cl2N4O2/c22-16-7-17(23)9-18(8-16)29-21-19(13-28)25-27-6-5-26(12-20(21)27)11-15-3-1-14(10-24)2-4-15/h1-4,7-9,28H,5-6,11-13H2. The summed E-state index contributed by atoms with van der Waals surface area (Å²) < 4.78 is 7.93. The van der Waals surface area contributed by atoms with Gasteiger partial charge < -0.3 is 9.84 Å². The van der Waals surface area contributed by atoms with Gasteiger partial charge in [-0.1, -0.05) is 35.3 Å². The van der Waals surface area contributed by atoms with Crippen molar-refractivity contribution in [1.82, 2.24) is 14.7 Å². The minimum Gasteiger partial charge on any atom is -0.453 e. The summed E-state index contributed by atoms with van der Waals surface area (Å²) in [4.78, 5) is 2.28. The van der Waals surface area contributed by atoms with Gasteiger partial charge in [0.15, 0.2) is 5.75 Å². The number of benzene rings is 2. The molecule has 1 aliphatic rings. The van der Waals surface area contributed by atoms with Crippen LogP contribution in [0.15, 0.2) is 42.5 Å². The van der Waals surface area contributed by atoms with E-state index in [4.69, 9.17) is 33.2 Å². The lowest BCUT2D eigenvalue weighted by atomic mass is 10.1. The van der Waals surface area contributed by atoms with Gasteiger partial charge in [0.25, 0.3) is 0 Å². The highest BCUT2D eigenvalue weighted by Crippen LogP contribution is 2.34. The Hall–Kier alpha value is -2.56. The first-order chi connectivity index (χ1) is 14.1. The molecule has 0 saturated carbocycles. The zero-order valence-electron chi connectivity index (χ0n) is 15.5. The number of hydrogen-bond acceptors (Lipinski definition) is 5. The van der Waals surface area contributed by atoms with Crippen LogP contribution in [0.4, 0.5) is 0 Å². The molecule has 6 nitrogen and oxygen atoms in total. The van der Waals surface area contributed by atoms with E-state index in [9.17, 15) is 5.11 Å². The van der Waals surface area contributed by atoms with Crippen molar-refractivity contribution in [3.63, 3.8) is 0 Å². The maximum absolute atomic E-state index is 9.76. The molecule has 0 atom stereocenters. The van der Waals surface area contributed by atoms with Crippen LogP contribution in [-0.4, -0.2) is 26.3 Å². The number of nitrogens with zero attached hydrogens (tertiary/aromatic N) is 4. The fraction of sp³-hybridized carbons (Fsp3) is 0.238. The van der Waals surface area contributed by atoms with E-state index < -0.39 is 0 Å². The summed E-state index contributed by atoms with van der Waals surface area (Å²) in [6, 6.07) is 14.7. The van der Waals surface area contributed by atoms with Gasteiger partial charge in [0, 0.05) is 29.7 Å². The van der Waals surface area contributed by atoms with E-state index in [1.54, 1.807) is 18.2 Å². The number of aromatic nitrogens is 2. The highest BCUT2D eigenvalue weighted by molar-refractivity contribution is 6.34. The SMILES string of the molecule is N#Cc1ccc(CN2CCn3nc(CO)c(Oc4cc(Cl)cc(Cl)c4)c3C2)cc1. The lowest BCUT2D eigenvalue weighted by molar-refractivity contribution is 0.202. The van der Waals surface area contributed by atoms with Crippen LogP contribution in [0.5, 0.6) is 11.5 Å². The summed E-state index contributed by atoms with van der Waals surface area (Å²) in [5, 5.41) is 24.1. The Kier molecular flexibility index (Phi) is 5.74. The molecule has 8 heteroatoms. The molecule has 1 aromatic heterocycles. The molecule has 0 spiro atoms. The summed E-state index contributed by atoms with van der Waals surface area (Å²) >= 11 is 12.2. The molecule has 0 saturated heterocycles. The number of ether oxygens (including phenoxy) is 1. The number of aliphatic hydroxyl groups is 1. The van der Waals surface area contributed by atoms with E-state index in [0.29, 0.717) is 45.9 Å². The van der Waals surface area contributed by atoms with E-state index in [1.807, 2.05) is 28.9 Å². The van der Waals surface area contributed by atoms with Gasteiger partial charge in [-0.3, -0.25) is 9.58 Å². The first kappa shape index (κ1) is 19.7. The van der Waals surface area contributed by atoms with E-state index in [0.717, 1.165) is 24.3 Å². The Morgan fingerprint density at radius 3 is 2.48 bits per heavy atom. The largest absolute Gasteiger partial charge is 0.453 e. The highest BCUT2D eigenvalue weighted by Gasteiger charge is 2.26. The van der Waals surface area contributed by atoms with Crippen molar-refractivity contribution in [3.8, 4) is 17.6 Å². The molecule has 0 bridgehead atoms. The molecule has 3 aromatic rings. The Balaban J connectivity index is 1.57. The second-order valence-corrected chi connectivity index (χ2v) is 7.70. The monoisotopic (exact) mass is 428 g/mol. The Morgan fingerprint density at radius 1 is 1.10 bits per heavy atom. The Labute approximate surface area is 178 Å². The second-order valence-electron chi connectivity index (χ2n) is 6.83. The van der Waals surface area contributed by atoms with Gasteiger partial charge in [0.05, 0.1) is 30.5 Å². The van der Waals surface area contributed by atoms with Crippen LogP contribution in [0.3, 0.4) is 0 Å². The maximum atomic E-state index is 9.76. The van der Waals surface area contributed by atoms with E-state index >= 15 is 0 Å². The number of nitriles is 1. The molecule has 0 fully saturated rings. The quantitative estimate of drug-likeness (QED) is 0.653. The smallest absolute Gasteiger partial charge is 0.175 e. The zero-order valence-corrected chi connectivity index (χ0v) is 17.0. The van der Waals surface area contributed by atoms with E-state index in [-0.39, 0.29) is 6.61 Å². The number of rotatable bonds is 5. The van der Waals surface area contributed by atoms with Crippen LogP contribution in [0.1, 0.15) is 22.5 Å². The third kappa shape index (κ3) is 4.39. The normalized spacial score (nSPS) is 13.7. The number of fused-ring (bicyclic) bond motifs is 1. The summed E-state index contributed by atoms with van der Waals surface area (Å²) in [7, 11) is 0. The van der Waals surface area contributed by atoms with Crippen molar-refractivity contribution in [2.75, 3.05) is 6.54 Å². The predicted octanol–water partition coefficient (Wildman–Crippen LogP) is 4.36. The molecule has 0 amide bonds. The molecule has 1 aliphatic heterocycles. The molecule has 0 aliphatic carbocycles. The molecule has 148 valence electrons. The number of hydrogen-bond donors (Lipinski definition) is 1. The fourth-order valence-corrected chi connectivity index (χ4v) is 3.91. The molecule has 2 heterocycles. The van der Waals surface area contributed by atoms with Crippen LogP contribution >= 0.6 is 23.2 Å². The topological polar surface area (TPSA) is 74.3 Å². The first-order valence-electron chi connectivity index (χ1n) is 9.10. The minimum absolute atomic E-state index is 0.223. The summed E-state index contributed by atoms with van der Waals surface area (Å²) in [6.45, 7) is 2.66. The van der Waals surface area contributed by atoms with Crippen LogP contribution in [0.25, 0.3) is 0 Å². The fourth-order valence-electron chi connectivity index (χ4n) is 3.41. The lowest BCUT2D eigenvalue weighted by Gasteiger charge is -2.28. The molecule has 29 heavy (non-hydrogen) atoms. The van der Waals surface area contributed by atoms with Gasteiger partial charge in [-0.2, -0.15) is 10.4 Å². The number of halogens is 2. The van der Waals surface area contributed by atoms with Crippen LogP contribution < -0.4 is 4.74 Å². The number of aliphatic hydroxyl groups excluding tert-OH is 1. The maximum Gasteiger partial charge on any atom is 0.175 e. The molecule has 2 aromatic carbocycles.